The van der Waals surface area contributed by atoms with Gasteiger partial charge in [0, 0.05) is 50.1 Å². The maximum Gasteiger partial charge on any atom is 0.410 e. The molecule has 65 heavy (non-hydrogen) atoms. The lowest BCUT2D eigenvalue weighted by Gasteiger charge is -2.33. The Balaban J connectivity index is 0.000000198. The Kier molecular flexibility index (Phi) is 16.4. The third kappa shape index (κ3) is 12.6. The van der Waals surface area contributed by atoms with Crippen molar-refractivity contribution in [3.63, 3.8) is 0 Å². The number of amides is 3. The number of nitrogens with zero attached hydrogens (tertiary/aromatic N) is 3. The Morgan fingerprint density at radius 1 is 0.600 bits per heavy atom. The predicted octanol–water partition coefficient (Wildman–Crippen LogP) is 10.8. The molecule has 12 nitrogen and oxygen atoms in total. The average Bonchev–Trinajstić information content (AvgIpc) is 4.01. The average molecular weight is 1020 g/mol. The van der Waals surface area contributed by atoms with E-state index < -0.39 is 5.60 Å². The van der Waals surface area contributed by atoms with E-state index in [-0.39, 0.29) is 42.2 Å². The molecule has 4 aliphatic heterocycles. The first-order valence-electron chi connectivity index (χ1n) is 22.8. The Morgan fingerprint density at radius 3 is 1.51 bits per heavy atom. The van der Waals surface area contributed by atoms with Crippen molar-refractivity contribution in [2.24, 2.45) is 0 Å². The first-order chi connectivity index (χ1) is 31.3. The number of carbonyl (C=O) groups is 3. The van der Waals surface area contributed by atoms with Crippen LogP contribution in [0.15, 0.2) is 93.9 Å². The van der Waals surface area contributed by atoms with E-state index in [1.165, 1.54) is 0 Å². The van der Waals surface area contributed by atoms with Gasteiger partial charge in [-0.3, -0.25) is 9.59 Å². The molecule has 1 N–H and O–H groups in total. The van der Waals surface area contributed by atoms with Gasteiger partial charge in [-0.25, -0.2) is 4.79 Å². The zero-order chi connectivity index (χ0) is 46.1. The van der Waals surface area contributed by atoms with E-state index in [9.17, 15) is 14.4 Å². The molecule has 2 atom stereocenters. The molecule has 4 fully saturated rings. The van der Waals surface area contributed by atoms with Crippen molar-refractivity contribution < 1.29 is 38.1 Å². The van der Waals surface area contributed by atoms with Gasteiger partial charge in [0.15, 0.2) is 0 Å². The van der Waals surface area contributed by atoms with Crippen molar-refractivity contribution in [3.8, 4) is 23.0 Å². The molecule has 4 aromatic rings. The summed E-state index contributed by atoms with van der Waals surface area (Å²) in [6, 6.07) is 27.4. The number of ether oxygens (including phenoxy) is 5. The molecule has 4 heterocycles. The number of benzene rings is 4. The maximum atomic E-state index is 13.4. The molecule has 14 heteroatoms. The standard InChI is InChI=1S/C28H35BrN2O5.C23H27BrN2O3/c1-28(2,3)36-27(33)30-15-12-21(13-16-30)35-22-8-5-7-19(17-22)24-9-6-14-31(24)26(32)20-10-11-23(29)25(18-20)34-4;1-28-22-15-17(7-8-20(22)24)23(27)26-13-3-6-21(26)16-4-2-5-19(14-16)29-18-9-11-25-12-10-18/h5,7-8,10-11,17-18,21,24H,6,9,12-16H2,1-4H3;2,4-5,7-8,14-15,18,21,25H,3,6,9-13H2,1H3. The fraction of sp³-hybridized carbons (Fsp3) is 0.471. The second kappa shape index (κ2) is 22.1. The van der Waals surface area contributed by atoms with E-state index in [2.05, 4.69) is 61.4 Å². The predicted molar refractivity (Wildman–Crippen MR) is 258 cm³/mol. The molecule has 348 valence electrons. The lowest BCUT2D eigenvalue weighted by atomic mass is 10.0. The highest BCUT2D eigenvalue weighted by atomic mass is 79.9. The smallest absolute Gasteiger partial charge is 0.410 e. The van der Waals surface area contributed by atoms with E-state index in [0.717, 1.165) is 109 Å². The number of rotatable bonds is 10. The number of nitrogens with one attached hydrogen (secondary N) is 1. The van der Waals surface area contributed by atoms with Crippen molar-refractivity contribution in [2.75, 3.05) is 53.5 Å². The normalized spacial score (nSPS) is 19.3. The zero-order valence-corrected chi connectivity index (χ0v) is 41.3. The Labute approximate surface area is 400 Å². The van der Waals surface area contributed by atoms with Gasteiger partial charge in [-0.2, -0.15) is 0 Å². The van der Waals surface area contributed by atoms with Crippen LogP contribution in [0.4, 0.5) is 4.79 Å². The molecular formula is C51H62Br2N4O8. The van der Waals surface area contributed by atoms with E-state index in [1.54, 1.807) is 31.3 Å². The largest absolute Gasteiger partial charge is 0.496 e. The molecule has 4 saturated heterocycles. The van der Waals surface area contributed by atoms with E-state index in [1.807, 2.05) is 79.1 Å². The molecular weight excluding hydrogens is 956 g/mol. The minimum Gasteiger partial charge on any atom is -0.496 e. The fourth-order valence-electron chi connectivity index (χ4n) is 9.00. The lowest BCUT2D eigenvalue weighted by Crippen LogP contribution is -2.44. The van der Waals surface area contributed by atoms with Crippen LogP contribution in [0.2, 0.25) is 0 Å². The van der Waals surface area contributed by atoms with Crippen LogP contribution in [0.5, 0.6) is 23.0 Å². The first-order valence-corrected chi connectivity index (χ1v) is 24.4. The van der Waals surface area contributed by atoms with E-state index in [0.29, 0.717) is 35.7 Å². The van der Waals surface area contributed by atoms with Crippen LogP contribution >= 0.6 is 31.9 Å². The molecule has 3 amide bonds. The summed E-state index contributed by atoms with van der Waals surface area (Å²) in [5, 5.41) is 3.37. The van der Waals surface area contributed by atoms with Gasteiger partial charge in [0.05, 0.1) is 35.2 Å². The number of carbonyl (C=O) groups excluding carboxylic acids is 3. The molecule has 4 aromatic carbocycles. The number of halogens is 2. The summed E-state index contributed by atoms with van der Waals surface area (Å²) in [6.45, 7) is 10.4. The number of piperidine rings is 2. The summed E-state index contributed by atoms with van der Waals surface area (Å²) >= 11 is 6.91. The molecule has 4 aliphatic rings. The summed E-state index contributed by atoms with van der Waals surface area (Å²) in [7, 11) is 3.21. The second-order valence-electron chi connectivity index (χ2n) is 18.0. The van der Waals surface area contributed by atoms with Crippen LogP contribution in [0.3, 0.4) is 0 Å². The number of methoxy groups -OCH3 is 2. The molecule has 2 unspecified atom stereocenters. The number of hydrogen-bond donors (Lipinski definition) is 1. The highest BCUT2D eigenvalue weighted by molar-refractivity contribution is 9.11. The molecule has 0 saturated carbocycles. The molecule has 0 aliphatic carbocycles. The molecule has 0 aromatic heterocycles. The first kappa shape index (κ1) is 48.2. The summed E-state index contributed by atoms with van der Waals surface area (Å²) in [6.07, 6.45) is 7.45. The van der Waals surface area contributed by atoms with E-state index in [4.69, 9.17) is 23.7 Å². The van der Waals surface area contributed by atoms with Gasteiger partial charge >= 0.3 is 6.09 Å². The summed E-state index contributed by atoms with van der Waals surface area (Å²) < 4.78 is 30.4. The summed E-state index contributed by atoms with van der Waals surface area (Å²) in [4.78, 5) is 44.6. The van der Waals surface area contributed by atoms with Gasteiger partial charge in [0.2, 0.25) is 0 Å². The second-order valence-corrected chi connectivity index (χ2v) is 19.7. The Morgan fingerprint density at radius 2 is 1.06 bits per heavy atom. The Hall–Kier alpha value is -4.79. The van der Waals surface area contributed by atoms with Crippen molar-refractivity contribution in [1.29, 1.82) is 0 Å². The third-order valence-corrected chi connectivity index (χ3v) is 13.6. The third-order valence-electron chi connectivity index (χ3n) is 12.3. The van der Waals surface area contributed by atoms with Crippen molar-refractivity contribution in [2.45, 2.75) is 102 Å². The van der Waals surface area contributed by atoms with Crippen molar-refractivity contribution >= 4 is 49.8 Å². The van der Waals surface area contributed by atoms with Crippen LogP contribution in [-0.4, -0.2) is 104 Å². The van der Waals surface area contributed by atoms with Gasteiger partial charge < -0.3 is 43.7 Å². The quantitative estimate of drug-likeness (QED) is 0.166. The fourth-order valence-corrected chi connectivity index (χ4v) is 9.82. The minimum absolute atomic E-state index is 0.00383. The zero-order valence-electron chi connectivity index (χ0n) is 38.2. The topological polar surface area (TPSA) is 119 Å². The minimum atomic E-state index is -0.496. The summed E-state index contributed by atoms with van der Waals surface area (Å²) in [5.74, 6) is 3.06. The van der Waals surface area contributed by atoms with Gasteiger partial charge in [-0.1, -0.05) is 24.3 Å². The van der Waals surface area contributed by atoms with Crippen LogP contribution in [0, 0.1) is 0 Å². The number of likely N-dealkylation sites (tertiary alicyclic amines) is 3. The SMILES string of the molecule is COc1cc(C(=O)N2CCCC2c2cccc(OC3CCN(C(=O)OC(C)(C)C)CC3)c2)ccc1Br.COc1cc(C(=O)N2CCCC2c2cccc(OC3CCNCC3)c2)ccc1Br. The molecule has 0 bridgehead atoms. The van der Waals surface area contributed by atoms with Crippen LogP contribution in [-0.2, 0) is 4.74 Å². The van der Waals surface area contributed by atoms with Crippen LogP contribution in [0.25, 0.3) is 0 Å². The molecule has 0 spiro atoms. The van der Waals surface area contributed by atoms with Gasteiger partial charge in [-0.05, 0) is 176 Å². The van der Waals surface area contributed by atoms with Gasteiger partial charge in [0.1, 0.15) is 40.8 Å². The Bertz CT molecular complexity index is 2270. The maximum absolute atomic E-state index is 13.4. The molecule has 8 rings (SSSR count). The van der Waals surface area contributed by atoms with Gasteiger partial charge in [0.25, 0.3) is 11.8 Å². The molecule has 0 radical (unpaired) electrons. The summed E-state index contributed by atoms with van der Waals surface area (Å²) in [5.41, 5.74) is 2.99. The monoisotopic (exact) mass is 1020 g/mol. The number of hydrogen-bond acceptors (Lipinski definition) is 9. The van der Waals surface area contributed by atoms with E-state index >= 15 is 0 Å². The highest BCUT2D eigenvalue weighted by Crippen LogP contribution is 2.38. The lowest BCUT2D eigenvalue weighted by molar-refractivity contribution is 0.0126. The highest BCUT2D eigenvalue weighted by Gasteiger charge is 2.33. The van der Waals surface area contributed by atoms with Crippen molar-refractivity contribution in [1.82, 2.24) is 20.0 Å². The van der Waals surface area contributed by atoms with Crippen LogP contribution in [0.1, 0.15) is 116 Å². The van der Waals surface area contributed by atoms with Crippen molar-refractivity contribution in [3.05, 3.63) is 116 Å². The van der Waals surface area contributed by atoms with Gasteiger partial charge in [-0.15, -0.1) is 0 Å². The van der Waals surface area contributed by atoms with Crippen LogP contribution < -0.4 is 24.3 Å².